The highest BCUT2D eigenvalue weighted by Crippen LogP contribution is 2.53. The van der Waals surface area contributed by atoms with Crippen molar-refractivity contribution in [1.82, 2.24) is 4.98 Å². The summed E-state index contributed by atoms with van der Waals surface area (Å²) in [7, 11) is 0. The average Bonchev–Trinajstić information content (AvgIpc) is 3.37. The van der Waals surface area contributed by atoms with Gasteiger partial charge in [0, 0.05) is 24.1 Å². The van der Waals surface area contributed by atoms with Crippen LogP contribution in [0, 0.1) is 11.7 Å². The number of hydrogen-bond acceptors (Lipinski definition) is 5. The van der Waals surface area contributed by atoms with E-state index >= 15 is 0 Å². The average molecular weight is 374 g/mol. The Hall–Kier alpha value is -2.47. The zero-order valence-corrected chi connectivity index (χ0v) is 14.8. The Labute approximate surface area is 155 Å². The molecule has 1 fully saturated rings. The zero-order chi connectivity index (χ0) is 18.5. The second-order valence-electron chi connectivity index (χ2n) is 6.87. The highest BCUT2D eigenvalue weighted by molar-refractivity contribution is 6.30. The maximum atomic E-state index is 14.6. The molecule has 1 saturated carbocycles. The van der Waals surface area contributed by atoms with Gasteiger partial charge in [0.15, 0.2) is 5.78 Å². The van der Waals surface area contributed by atoms with Gasteiger partial charge in [0.25, 0.3) is 6.02 Å². The number of halogens is 2. The van der Waals surface area contributed by atoms with Gasteiger partial charge in [-0.05, 0) is 43.2 Å². The number of rotatable bonds is 4. The second-order valence-corrected chi connectivity index (χ2v) is 7.31. The Bertz CT molecular complexity index is 916. The number of ketones is 1. The van der Waals surface area contributed by atoms with Crippen LogP contribution in [-0.4, -0.2) is 22.9 Å². The van der Waals surface area contributed by atoms with Crippen molar-refractivity contribution in [3.8, 4) is 0 Å². The molecule has 2 N–H and O–H groups in total. The molecule has 2 aliphatic rings. The smallest absolute Gasteiger partial charge is 0.283 e. The molecule has 0 bridgehead atoms. The van der Waals surface area contributed by atoms with Gasteiger partial charge in [0.05, 0.1) is 10.6 Å². The van der Waals surface area contributed by atoms with Crippen molar-refractivity contribution < 1.29 is 13.9 Å². The molecule has 3 atom stereocenters. The van der Waals surface area contributed by atoms with E-state index in [9.17, 15) is 9.18 Å². The fourth-order valence-electron chi connectivity index (χ4n) is 3.53. The van der Waals surface area contributed by atoms with E-state index in [0.29, 0.717) is 21.8 Å². The van der Waals surface area contributed by atoms with Crippen LogP contribution in [0.25, 0.3) is 0 Å². The number of nitrogens with two attached hydrogens (primary N) is 1. The van der Waals surface area contributed by atoms with E-state index in [1.807, 2.05) is 6.92 Å². The molecule has 1 aromatic carbocycles. The zero-order valence-electron chi connectivity index (χ0n) is 14.1. The Morgan fingerprint density at radius 2 is 2.23 bits per heavy atom. The van der Waals surface area contributed by atoms with Crippen LogP contribution in [0.2, 0.25) is 5.02 Å². The largest absolute Gasteiger partial charge is 0.462 e. The lowest BCUT2D eigenvalue weighted by Crippen LogP contribution is -2.35. The van der Waals surface area contributed by atoms with Crippen LogP contribution in [0.5, 0.6) is 0 Å². The number of carbonyl (C=O) groups is 1. The van der Waals surface area contributed by atoms with Gasteiger partial charge in [0.2, 0.25) is 0 Å². The fourth-order valence-corrected chi connectivity index (χ4v) is 3.65. The van der Waals surface area contributed by atoms with Gasteiger partial charge in [-0.1, -0.05) is 17.7 Å². The summed E-state index contributed by atoms with van der Waals surface area (Å²) in [5.41, 5.74) is 6.42. The fraction of sp³-hybridized carbons (Fsp3) is 0.316. The second kappa shape index (κ2) is 6.06. The molecule has 26 heavy (non-hydrogen) atoms. The summed E-state index contributed by atoms with van der Waals surface area (Å²) < 4.78 is 20.0. The Kier molecular flexibility index (Phi) is 3.95. The molecule has 1 aromatic heterocycles. The number of nitrogens with zero attached hydrogens (tertiary/aromatic N) is 2. The number of benzene rings is 1. The Morgan fingerprint density at radius 3 is 2.96 bits per heavy atom. The number of carbonyl (C=O) groups excluding carboxylic acids is 1. The van der Waals surface area contributed by atoms with Crippen LogP contribution in [0.15, 0.2) is 41.5 Å². The summed E-state index contributed by atoms with van der Waals surface area (Å²) in [5.74, 6) is -0.436. The highest BCUT2D eigenvalue weighted by Gasteiger charge is 2.57. The maximum absolute atomic E-state index is 14.6. The molecule has 4 rings (SSSR count). The number of aromatic nitrogens is 1. The molecule has 1 aliphatic heterocycles. The van der Waals surface area contributed by atoms with Crippen molar-refractivity contribution in [2.45, 2.75) is 31.4 Å². The summed E-state index contributed by atoms with van der Waals surface area (Å²) >= 11 is 5.80. The van der Waals surface area contributed by atoms with Crippen LogP contribution in [0.4, 0.5) is 4.39 Å². The Balaban J connectivity index is 1.64. The van der Waals surface area contributed by atoms with Gasteiger partial charge in [-0.15, -0.1) is 0 Å². The number of pyridine rings is 1. The van der Waals surface area contributed by atoms with E-state index in [4.69, 9.17) is 22.1 Å². The summed E-state index contributed by atoms with van der Waals surface area (Å²) in [4.78, 5) is 20.8. The SMILES string of the molecule is C[C@]1(c2cc(CC(=O)c3ccc(Cl)cn3)ccc2F)N=C(N)O[C@@H]2C[C@@H]21. The quantitative estimate of drug-likeness (QED) is 0.834. The van der Waals surface area contributed by atoms with Gasteiger partial charge >= 0.3 is 0 Å². The molecule has 0 saturated heterocycles. The lowest BCUT2D eigenvalue weighted by Gasteiger charge is -2.30. The van der Waals surface area contributed by atoms with Crippen LogP contribution in [0.3, 0.4) is 0 Å². The van der Waals surface area contributed by atoms with Crippen molar-refractivity contribution in [3.63, 3.8) is 0 Å². The maximum Gasteiger partial charge on any atom is 0.283 e. The molecule has 2 heterocycles. The number of fused-ring (bicyclic) bond motifs is 1. The minimum absolute atomic E-state index is 0.0135. The number of aliphatic imine (C=N–C) groups is 1. The van der Waals surface area contributed by atoms with Gasteiger partial charge in [0.1, 0.15) is 17.6 Å². The molecule has 1 aliphatic carbocycles. The minimum Gasteiger partial charge on any atom is -0.462 e. The topological polar surface area (TPSA) is 77.6 Å². The molecule has 134 valence electrons. The molecule has 2 aromatic rings. The lowest BCUT2D eigenvalue weighted by atomic mass is 9.85. The van der Waals surface area contributed by atoms with Gasteiger partial charge in [-0.2, -0.15) is 0 Å². The molecule has 0 unspecified atom stereocenters. The number of Topliss-reactive ketones (excluding diaryl/α,β-unsaturated/α-hetero) is 1. The van der Waals surface area contributed by atoms with Crippen molar-refractivity contribution in [2.75, 3.05) is 0 Å². The number of amidine groups is 1. The summed E-state index contributed by atoms with van der Waals surface area (Å²) in [6.07, 6.45) is 2.32. The molecular formula is C19H17ClFN3O2. The Morgan fingerprint density at radius 1 is 1.42 bits per heavy atom. The molecule has 0 radical (unpaired) electrons. The first-order valence-corrected chi connectivity index (χ1v) is 8.70. The monoisotopic (exact) mass is 373 g/mol. The first kappa shape index (κ1) is 17.0. The third-order valence-corrected chi connectivity index (χ3v) is 5.25. The number of ether oxygens (including phenoxy) is 1. The van der Waals surface area contributed by atoms with Crippen molar-refractivity contribution in [3.05, 3.63) is 64.2 Å². The summed E-state index contributed by atoms with van der Waals surface area (Å²) in [6, 6.07) is 7.95. The van der Waals surface area contributed by atoms with E-state index in [0.717, 1.165) is 6.42 Å². The molecule has 5 nitrogen and oxygen atoms in total. The van der Waals surface area contributed by atoms with Crippen molar-refractivity contribution >= 4 is 23.4 Å². The standard InChI is InChI=1S/C19H17ClFN3O2/c1-19(13-8-17(13)26-18(22)24-19)12-6-10(2-4-14(12)21)7-16(25)15-5-3-11(20)9-23-15/h2-6,9,13,17H,7-8H2,1H3,(H2,22,24)/t13-,17+,19+/m0/s1. The third-order valence-electron chi connectivity index (χ3n) is 5.02. The number of hydrogen-bond donors (Lipinski definition) is 1. The summed E-state index contributed by atoms with van der Waals surface area (Å²) in [6.45, 7) is 1.86. The first-order valence-electron chi connectivity index (χ1n) is 8.32. The third kappa shape index (κ3) is 2.94. The van der Waals surface area contributed by atoms with Gasteiger partial charge < -0.3 is 10.5 Å². The minimum atomic E-state index is -0.783. The van der Waals surface area contributed by atoms with Crippen LogP contribution < -0.4 is 5.73 Å². The van der Waals surface area contributed by atoms with Crippen molar-refractivity contribution in [2.24, 2.45) is 16.6 Å². The normalized spacial score (nSPS) is 26.5. The van der Waals surface area contributed by atoms with Gasteiger partial charge in [-0.25, -0.2) is 9.38 Å². The molecular weight excluding hydrogens is 357 g/mol. The molecule has 0 spiro atoms. The predicted molar refractivity (Wildman–Crippen MR) is 95.6 cm³/mol. The molecule has 0 amide bonds. The van der Waals surface area contributed by atoms with Gasteiger partial charge in [-0.3, -0.25) is 9.78 Å². The highest BCUT2D eigenvalue weighted by atomic mass is 35.5. The van der Waals surface area contributed by atoms with Crippen LogP contribution in [0.1, 0.15) is 35.0 Å². The van der Waals surface area contributed by atoms with E-state index in [1.54, 1.807) is 24.3 Å². The van der Waals surface area contributed by atoms with E-state index in [1.165, 1.54) is 12.3 Å². The predicted octanol–water partition coefficient (Wildman–Crippen LogP) is 3.25. The van der Waals surface area contributed by atoms with Crippen molar-refractivity contribution in [1.29, 1.82) is 0 Å². The lowest BCUT2D eigenvalue weighted by molar-refractivity contribution is 0.0988. The van der Waals surface area contributed by atoms with E-state index < -0.39 is 5.54 Å². The van der Waals surface area contributed by atoms with Crippen LogP contribution >= 0.6 is 11.6 Å². The molecule has 7 heteroatoms. The van der Waals surface area contributed by atoms with E-state index in [-0.39, 0.29) is 36.1 Å². The van der Waals surface area contributed by atoms with Crippen LogP contribution in [-0.2, 0) is 16.7 Å². The van der Waals surface area contributed by atoms with E-state index in [2.05, 4.69) is 9.98 Å². The first-order chi connectivity index (χ1) is 12.4. The summed E-state index contributed by atoms with van der Waals surface area (Å²) in [5, 5.41) is 0.465.